The van der Waals surface area contributed by atoms with Gasteiger partial charge in [0.1, 0.15) is 5.69 Å². The molecule has 6 aromatic rings. The number of benzene rings is 3. The lowest BCUT2D eigenvalue weighted by Gasteiger charge is -2.11. The standard InChI is InChI=1S/C28H23N5O2/c1-17-9-11-20-22(13-17)31-28(30-20)23-15-24(19-10-12-25(34-2)26(14-19)35-3)33-27(29-23)16-21(32-33)18-7-5-4-6-8-18/h4-16H,1-3H3,(H,30,31). The first-order valence-electron chi connectivity index (χ1n) is 11.3. The van der Waals surface area contributed by atoms with Crippen LogP contribution in [0.2, 0.25) is 0 Å². The maximum absolute atomic E-state index is 5.56. The summed E-state index contributed by atoms with van der Waals surface area (Å²) in [6.45, 7) is 2.07. The molecule has 1 N–H and O–H groups in total. The Balaban J connectivity index is 1.59. The minimum Gasteiger partial charge on any atom is -0.493 e. The van der Waals surface area contributed by atoms with E-state index in [1.54, 1.807) is 14.2 Å². The third-order valence-corrected chi connectivity index (χ3v) is 6.06. The Bertz CT molecular complexity index is 1680. The summed E-state index contributed by atoms with van der Waals surface area (Å²) in [6, 6.07) is 26.1. The molecule has 0 aliphatic rings. The fourth-order valence-corrected chi connectivity index (χ4v) is 4.29. The van der Waals surface area contributed by atoms with Crippen molar-refractivity contribution in [3.63, 3.8) is 0 Å². The van der Waals surface area contributed by atoms with Gasteiger partial charge >= 0.3 is 0 Å². The Morgan fingerprint density at radius 1 is 0.743 bits per heavy atom. The largest absolute Gasteiger partial charge is 0.493 e. The van der Waals surface area contributed by atoms with E-state index in [1.165, 1.54) is 5.56 Å². The lowest BCUT2D eigenvalue weighted by atomic mass is 10.1. The van der Waals surface area contributed by atoms with Gasteiger partial charge < -0.3 is 14.5 Å². The first-order chi connectivity index (χ1) is 17.1. The van der Waals surface area contributed by atoms with E-state index in [2.05, 4.69) is 24.0 Å². The number of ether oxygens (including phenoxy) is 2. The number of imidazole rings is 1. The smallest absolute Gasteiger partial charge is 0.161 e. The average molecular weight is 462 g/mol. The highest BCUT2D eigenvalue weighted by atomic mass is 16.5. The van der Waals surface area contributed by atoms with Crippen molar-refractivity contribution in [3.05, 3.63) is 84.4 Å². The van der Waals surface area contributed by atoms with Crippen molar-refractivity contribution in [1.82, 2.24) is 24.6 Å². The van der Waals surface area contributed by atoms with E-state index < -0.39 is 0 Å². The molecular formula is C28H23N5O2. The van der Waals surface area contributed by atoms with Gasteiger partial charge in [-0.25, -0.2) is 14.5 Å². The van der Waals surface area contributed by atoms with Crippen LogP contribution >= 0.6 is 0 Å². The Labute approximate surface area is 202 Å². The summed E-state index contributed by atoms with van der Waals surface area (Å²) in [5, 5.41) is 4.90. The zero-order valence-electron chi connectivity index (χ0n) is 19.6. The van der Waals surface area contributed by atoms with Gasteiger partial charge in [-0.2, -0.15) is 5.10 Å². The molecule has 0 fully saturated rings. The molecule has 0 aliphatic carbocycles. The second-order valence-electron chi connectivity index (χ2n) is 8.37. The number of aromatic nitrogens is 5. The molecule has 0 unspecified atom stereocenters. The predicted molar refractivity (Wildman–Crippen MR) is 137 cm³/mol. The zero-order valence-corrected chi connectivity index (χ0v) is 19.6. The second kappa shape index (κ2) is 8.29. The van der Waals surface area contributed by atoms with Crippen molar-refractivity contribution >= 4 is 16.7 Å². The Morgan fingerprint density at radius 3 is 2.37 bits per heavy atom. The summed E-state index contributed by atoms with van der Waals surface area (Å²) in [4.78, 5) is 13.1. The number of nitrogens with zero attached hydrogens (tertiary/aromatic N) is 4. The first kappa shape index (κ1) is 20.9. The van der Waals surface area contributed by atoms with E-state index in [1.807, 2.05) is 71.2 Å². The Morgan fingerprint density at radius 2 is 1.57 bits per heavy atom. The van der Waals surface area contributed by atoms with Crippen LogP contribution in [0.5, 0.6) is 11.5 Å². The fraction of sp³-hybridized carbons (Fsp3) is 0.107. The quantitative estimate of drug-likeness (QED) is 0.344. The molecule has 0 aliphatic heterocycles. The summed E-state index contributed by atoms with van der Waals surface area (Å²) in [7, 11) is 3.26. The third kappa shape index (κ3) is 3.67. The third-order valence-electron chi connectivity index (χ3n) is 6.06. The lowest BCUT2D eigenvalue weighted by molar-refractivity contribution is 0.355. The fourth-order valence-electron chi connectivity index (χ4n) is 4.29. The number of rotatable bonds is 5. The van der Waals surface area contributed by atoms with Crippen molar-refractivity contribution in [1.29, 1.82) is 0 Å². The number of aromatic amines is 1. The average Bonchev–Trinajstić information content (AvgIpc) is 3.52. The Hall–Kier alpha value is -4.65. The van der Waals surface area contributed by atoms with Crippen molar-refractivity contribution in [3.8, 4) is 45.5 Å². The maximum atomic E-state index is 5.56. The van der Waals surface area contributed by atoms with Gasteiger partial charge in [0.15, 0.2) is 23.0 Å². The van der Waals surface area contributed by atoms with E-state index in [-0.39, 0.29) is 0 Å². The molecule has 3 aromatic carbocycles. The van der Waals surface area contributed by atoms with Crippen LogP contribution in [-0.2, 0) is 0 Å². The van der Waals surface area contributed by atoms with Crippen LogP contribution in [0, 0.1) is 6.92 Å². The molecule has 0 bridgehead atoms. The molecule has 0 atom stereocenters. The first-order valence-corrected chi connectivity index (χ1v) is 11.3. The molecule has 3 aromatic heterocycles. The molecule has 0 radical (unpaired) electrons. The van der Waals surface area contributed by atoms with Crippen molar-refractivity contribution in [2.24, 2.45) is 0 Å². The molecule has 6 rings (SSSR count). The summed E-state index contributed by atoms with van der Waals surface area (Å²) < 4.78 is 12.9. The molecule has 3 heterocycles. The monoisotopic (exact) mass is 461 g/mol. The molecule has 172 valence electrons. The van der Waals surface area contributed by atoms with E-state index in [9.17, 15) is 0 Å². The van der Waals surface area contributed by atoms with Gasteiger partial charge in [0.25, 0.3) is 0 Å². The van der Waals surface area contributed by atoms with E-state index in [0.717, 1.165) is 44.9 Å². The molecule has 35 heavy (non-hydrogen) atoms. The molecule has 7 nitrogen and oxygen atoms in total. The van der Waals surface area contributed by atoms with Gasteiger partial charge in [-0.1, -0.05) is 36.4 Å². The summed E-state index contributed by atoms with van der Waals surface area (Å²) in [6.07, 6.45) is 0. The Kier molecular flexibility index (Phi) is 4.95. The number of aryl methyl sites for hydroxylation is 1. The second-order valence-corrected chi connectivity index (χ2v) is 8.37. The molecule has 0 saturated heterocycles. The van der Waals surface area contributed by atoms with Crippen LogP contribution in [0.3, 0.4) is 0 Å². The van der Waals surface area contributed by atoms with Gasteiger partial charge in [0.2, 0.25) is 0 Å². The van der Waals surface area contributed by atoms with Crippen LogP contribution in [0.15, 0.2) is 78.9 Å². The van der Waals surface area contributed by atoms with E-state index in [0.29, 0.717) is 17.3 Å². The van der Waals surface area contributed by atoms with Gasteiger partial charge in [-0.05, 0) is 48.9 Å². The highest BCUT2D eigenvalue weighted by Gasteiger charge is 2.17. The number of hydrogen-bond donors (Lipinski definition) is 1. The molecule has 7 heteroatoms. The highest BCUT2D eigenvalue weighted by molar-refractivity contribution is 5.81. The molecule has 0 saturated carbocycles. The number of hydrogen-bond acceptors (Lipinski definition) is 5. The summed E-state index contributed by atoms with van der Waals surface area (Å²) >= 11 is 0. The number of methoxy groups -OCH3 is 2. The maximum Gasteiger partial charge on any atom is 0.161 e. The molecular weight excluding hydrogens is 438 g/mol. The molecule has 0 spiro atoms. The van der Waals surface area contributed by atoms with Gasteiger partial charge in [0.05, 0.1) is 36.6 Å². The number of nitrogens with one attached hydrogen (secondary N) is 1. The minimum absolute atomic E-state index is 0.645. The normalized spacial score (nSPS) is 11.3. The SMILES string of the molecule is COc1ccc(-c2cc(-c3nc4ccc(C)cc4[nH]3)nc3cc(-c4ccccc4)nn23)cc1OC. The van der Waals surface area contributed by atoms with Crippen molar-refractivity contribution < 1.29 is 9.47 Å². The van der Waals surface area contributed by atoms with Crippen molar-refractivity contribution in [2.75, 3.05) is 14.2 Å². The van der Waals surface area contributed by atoms with Crippen LogP contribution in [0.1, 0.15) is 5.56 Å². The lowest BCUT2D eigenvalue weighted by Crippen LogP contribution is -2.00. The van der Waals surface area contributed by atoms with Gasteiger partial charge in [0, 0.05) is 17.2 Å². The zero-order chi connectivity index (χ0) is 23.9. The van der Waals surface area contributed by atoms with Crippen LogP contribution < -0.4 is 9.47 Å². The van der Waals surface area contributed by atoms with Crippen LogP contribution in [-0.4, -0.2) is 38.8 Å². The number of H-pyrrole nitrogens is 1. The summed E-state index contributed by atoms with van der Waals surface area (Å²) in [5.41, 5.74) is 8.17. The van der Waals surface area contributed by atoms with E-state index in [4.69, 9.17) is 24.5 Å². The van der Waals surface area contributed by atoms with E-state index >= 15 is 0 Å². The predicted octanol–water partition coefficient (Wildman–Crippen LogP) is 5.93. The topological polar surface area (TPSA) is 77.3 Å². The van der Waals surface area contributed by atoms with Gasteiger partial charge in [-0.3, -0.25) is 0 Å². The van der Waals surface area contributed by atoms with Crippen LogP contribution in [0.4, 0.5) is 0 Å². The van der Waals surface area contributed by atoms with Crippen molar-refractivity contribution in [2.45, 2.75) is 6.92 Å². The molecule has 0 amide bonds. The van der Waals surface area contributed by atoms with Crippen LogP contribution in [0.25, 0.3) is 50.7 Å². The summed E-state index contributed by atoms with van der Waals surface area (Å²) in [5.74, 6) is 2.02. The minimum atomic E-state index is 0.645. The highest BCUT2D eigenvalue weighted by Crippen LogP contribution is 2.34. The number of fused-ring (bicyclic) bond motifs is 2. The van der Waals surface area contributed by atoms with Gasteiger partial charge in [-0.15, -0.1) is 0 Å².